The Bertz CT molecular complexity index is 553. The van der Waals surface area contributed by atoms with Crippen molar-refractivity contribution < 1.29 is 4.74 Å². The summed E-state index contributed by atoms with van der Waals surface area (Å²) in [5, 5.41) is 7.84. The number of ether oxygens (including phenoxy) is 1. The van der Waals surface area contributed by atoms with E-state index in [1.165, 1.54) is 5.56 Å². The molecule has 2 heterocycles. The number of aryl methyl sites for hydroxylation is 1. The molecular weight excluding hydrogens is 230 g/mol. The van der Waals surface area contributed by atoms with Crippen LogP contribution in [0.25, 0.3) is 0 Å². The maximum Gasteiger partial charge on any atom is 0.122 e. The van der Waals surface area contributed by atoms with Crippen molar-refractivity contribution in [2.45, 2.75) is 12.0 Å². The first-order chi connectivity index (χ1) is 8.81. The lowest BCUT2D eigenvalue weighted by molar-refractivity contribution is 0.295. The smallest absolute Gasteiger partial charge is 0.122 e. The zero-order valence-corrected chi connectivity index (χ0v) is 10.1. The van der Waals surface area contributed by atoms with Crippen LogP contribution in [0.1, 0.15) is 23.2 Å². The summed E-state index contributed by atoms with van der Waals surface area (Å²) >= 11 is 0. The number of nitrogens with one attached hydrogen (secondary N) is 1. The Morgan fingerprint density at radius 3 is 3.06 bits per heavy atom. The van der Waals surface area contributed by atoms with Gasteiger partial charge in [-0.05, 0) is 6.07 Å². The van der Waals surface area contributed by atoms with E-state index < -0.39 is 0 Å². The topological polar surface area (TPSA) is 78.0 Å². The van der Waals surface area contributed by atoms with Crippen molar-refractivity contribution in [2.75, 3.05) is 6.61 Å². The maximum atomic E-state index is 5.70. The largest absolute Gasteiger partial charge is 0.493 e. The van der Waals surface area contributed by atoms with Crippen molar-refractivity contribution >= 4 is 0 Å². The van der Waals surface area contributed by atoms with Crippen LogP contribution in [0.15, 0.2) is 30.5 Å². The minimum Gasteiger partial charge on any atom is -0.493 e. The Morgan fingerprint density at radius 2 is 2.33 bits per heavy atom. The maximum absolute atomic E-state index is 5.70. The summed E-state index contributed by atoms with van der Waals surface area (Å²) in [6, 6.07) is 7.97. The second kappa shape index (κ2) is 4.40. The third kappa shape index (κ3) is 1.66. The molecule has 0 fully saturated rings. The summed E-state index contributed by atoms with van der Waals surface area (Å²) in [6.07, 6.45) is 1.73. The summed E-state index contributed by atoms with van der Waals surface area (Å²) < 4.78 is 7.41. The van der Waals surface area contributed by atoms with Crippen LogP contribution in [-0.2, 0) is 7.05 Å². The molecule has 0 bridgehead atoms. The molecule has 1 aliphatic heterocycles. The van der Waals surface area contributed by atoms with Gasteiger partial charge in [-0.15, -0.1) is 5.10 Å². The summed E-state index contributed by atoms with van der Waals surface area (Å²) in [4.78, 5) is 0. The van der Waals surface area contributed by atoms with Crippen LogP contribution in [0.2, 0.25) is 0 Å². The van der Waals surface area contributed by atoms with Crippen LogP contribution in [0, 0.1) is 0 Å². The van der Waals surface area contributed by atoms with Crippen LogP contribution in [0.4, 0.5) is 0 Å². The molecule has 3 rings (SSSR count). The SMILES string of the molecule is Cn1nncc1C(NN)C1COc2ccccc21. The molecule has 2 atom stereocenters. The number of rotatable bonds is 3. The van der Waals surface area contributed by atoms with E-state index in [1.807, 2.05) is 25.2 Å². The fourth-order valence-electron chi connectivity index (χ4n) is 2.45. The van der Waals surface area contributed by atoms with Crippen molar-refractivity contribution in [3.8, 4) is 5.75 Å². The number of para-hydroxylation sites is 1. The molecule has 0 radical (unpaired) electrons. The number of hydrogen-bond acceptors (Lipinski definition) is 5. The number of benzene rings is 1. The van der Waals surface area contributed by atoms with E-state index in [0.29, 0.717) is 6.61 Å². The van der Waals surface area contributed by atoms with E-state index in [1.54, 1.807) is 10.9 Å². The Hall–Kier alpha value is -1.92. The number of hydrogen-bond donors (Lipinski definition) is 2. The summed E-state index contributed by atoms with van der Waals surface area (Å²) in [7, 11) is 1.86. The molecule has 0 saturated heterocycles. The quantitative estimate of drug-likeness (QED) is 0.608. The Kier molecular flexibility index (Phi) is 2.73. The average Bonchev–Trinajstić information content (AvgIpc) is 2.99. The molecule has 0 saturated carbocycles. The molecule has 3 N–H and O–H groups in total. The second-order valence-electron chi connectivity index (χ2n) is 4.38. The van der Waals surface area contributed by atoms with Gasteiger partial charge in [0.15, 0.2) is 0 Å². The zero-order valence-electron chi connectivity index (χ0n) is 10.1. The third-order valence-corrected chi connectivity index (χ3v) is 3.39. The zero-order chi connectivity index (χ0) is 12.5. The molecule has 1 aromatic heterocycles. The van der Waals surface area contributed by atoms with E-state index in [9.17, 15) is 0 Å². The van der Waals surface area contributed by atoms with E-state index in [-0.39, 0.29) is 12.0 Å². The first-order valence-corrected chi connectivity index (χ1v) is 5.83. The summed E-state index contributed by atoms with van der Waals surface area (Å²) in [5.74, 6) is 6.79. The lowest BCUT2D eigenvalue weighted by Gasteiger charge is -2.21. The van der Waals surface area contributed by atoms with Crippen LogP contribution < -0.4 is 16.0 Å². The fraction of sp³-hybridized carbons (Fsp3) is 0.333. The van der Waals surface area contributed by atoms with Crippen molar-refractivity contribution in [3.63, 3.8) is 0 Å². The van der Waals surface area contributed by atoms with E-state index in [4.69, 9.17) is 10.6 Å². The molecule has 1 aromatic carbocycles. The van der Waals surface area contributed by atoms with E-state index >= 15 is 0 Å². The number of nitrogens with two attached hydrogens (primary N) is 1. The molecule has 1 aliphatic rings. The van der Waals surface area contributed by atoms with Gasteiger partial charge in [-0.2, -0.15) is 0 Å². The molecule has 2 unspecified atom stereocenters. The standard InChI is InChI=1S/C12H15N5O/c1-17-10(6-14-16-17)12(15-13)9-7-18-11-5-3-2-4-8(9)11/h2-6,9,12,15H,7,13H2,1H3. The van der Waals surface area contributed by atoms with Crippen molar-refractivity contribution in [1.29, 1.82) is 0 Å². The molecule has 18 heavy (non-hydrogen) atoms. The third-order valence-electron chi connectivity index (χ3n) is 3.39. The van der Waals surface area contributed by atoms with Crippen molar-refractivity contribution in [1.82, 2.24) is 20.4 Å². The number of fused-ring (bicyclic) bond motifs is 1. The predicted octanol–water partition coefficient (Wildman–Crippen LogP) is 0.496. The van der Waals surface area contributed by atoms with Crippen LogP contribution in [-0.4, -0.2) is 21.6 Å². The normalized spacial score (nSPS) is 19.3. The Balaban J connectivity index is 1.98. The van der Waals surface area contributed by atoms with Crippen molar-refractivity contribution in [3.05, 3.63) is 41.7 Å². The van der Waals surface area contributed by atoms with Crippen LogP contribution in [0.3, 0.4) is 0 Å². The summed E-state index contributed by atoms with van der Waals surface area (Å²) in [6.45, 7) is 0.611. The molecule has 0 spiro atoms. The summed E-state index contributed by atoms with van der Waals surface area (Å²) in [5.41, 5.74) is 4.96. The van der Waals surface area contributed by atoms with Gasteiger partial charge in [0.25, 0.3) is 0 Å². The second-order valence-corrected chi connectivity index (χ2v) is 4.38. The lowest BCUT2D eigenvalue weighted by atomic mass is 9.92. The van der Waals surface area contributed by atoms with Gasteiger partial charge in [0.05, 0.1) is 24.5 Å². The van der Waals surface area contributed by atoms with Gasteiger partial charge < -0.3 is 4.74 Å². The van der Waals surface area contributed by atoms with Gasteiger partial charge in [0.2, 0.25) is 0 Å². The highest BCUT2D eigenvalue weighted by Gasteiger charge is 2.33. The fourth-order valence-corrected chi connectivity index (χ4v) is 2.45. The highest BCUT2D eigenvalue weighted by atomic mass is 16.5. The first kappa shape index (κ1) is 11.2. The van der Waals surface area contributed by atoms with Gasteiger partial charge in [0, 0.05) is 18.5 Å². The molecule has 6 heteroatoms. The van der Waals surface area contributed by atoms with Gasteiger partial charge in [-0.25, -0.2) is 0 Å². The molecule has 2 aromatic rings. The Morgan fingerprint density at radius 1 is 1.50 bits per heavy atom. The molecule has 0 aliphatic carbocycles. The minimum absolute atomic E-state index is 0.0614. The predicted molar refractivity (Wildman–Crippen MR) is 65.7 cm³/mol. The number of aromatic nitrogens is 3. The van der Waals surface area contributed by atoms with E-state index in [2.05, 4.69) is 21.8 Å². The highest BCUT2D eigenvalue weighted by molar-refractivity contribution is 5.41. The highest BCUT2D eigenvalue weighted by Crippen LogP contribution is 2.40. The number of hydrazine groups is 1. The number of nitrogens with zero attached hydrogens (tertiary/aromatic N) is 3. The van der Waals surface area contributed by atoms with Crippen molar-refractivity contribution in [2.24, 2.45) is 12.9 Å². The monoisotopic (exact) mass is 245 g/mol. The molecule has 6 nitrogen and oxygen atoms in total. The van der Waals surface area contributed by atoms with E-state index in [0.717, 1.165) is 11.4 Å². The lowest BCUT2D eigenvalue weighted by Crippen LogP contribution is -2.34. The Labute approximate surface area is 105 Å². The van der Waals surface area contributed by atoms with Crippen LogP contribution >= 0.6 is 0 Å². The van der Waals surface area contributed by atoms with Gasteiger partial charge in [-0.3, -0.25) is 16.0 Å². The minimum atomic E-state index is -0.0614. The van der Waals surface area contributed by atoms with Gasteiger partial charge >= 0.3 is 0 Å². The van der Waals surface area contributed by atoms with Crippen LogP contribution in [0.5, 0.6) is 5.75 Å². The van der Waals surface area contributed by atoms with Gasteiger partial charge in [-0.1, -0.05) is 23.4 Å². The average molecular weight is 245 g/mol. The molecular formula is C12H15N5O. The van der Waals surface area contributed by atoms with Gasteiger partial charge in [0.1, 0.15) is 5.75 Å². The molecule has 0 amide bonds. The molecule has 94 valence electrons. The first-order valence-electron chi connectivity index (χ1n) is 5.83.